The average Bonchev–Trinajstić information content (AvgIpc) is 3.32. The zero-order chi connectivity index (χ0) is 28.3. The maximum Gasteiger partial charge on any atom is 0.475 e. The second kappa shape index (κ2) is 14.9. The van der Waals surface area contributed by atoms with E-state index in [9.17, 15) is 38.1 Å². The van der Waals surface area contributed by atoms with E-state index >= 15 is 0 Å². The molecular formula is C25H34BF3N4O5. The van der Waals surface area contributed by atoms with Crippen molar-refractivity contribution in [2.75, 3.05) is 26.3 Å². The van der Waals surface area contributed by atoms with Gasteiger partial charge in [0.25, 0.3) is 5.91 Å². The molecule has 0 aromatic heterocycles. The molecule has 0 radical (unpaired) electrons. The van der Waals surface area contributed by atoms with Gasteiger partial charge in [0.2, 0.25) is 5.91 Å². The Balaban J connectivity index is 2.04. The minimum absolute atomic E-state index is 0.00645. The summed E-state index contributed by atoms with van der Waals surface area (Å²) < 4.78 is 44.2. The standard InChI is InChI=1S/C25H34BF3N4O5/c1-17(2)11-19(13-30)24(35)33-10-6-9-20(33)14-38-15-21(31-16-25(27,28)29)23(34)32-22(26(36)37)12-18-7-4-3-5-8-18/h3-5,7-8,11,17,20-22,31,36-37H,6,9-10,12,14-16H2,1-2H3,(H,32,34)/t20-,21+,22+/m1/s1. The highest BCUT2D eigenvalue weighted by Gasteiger charge is 2.34. The number of ether oxygens (including phenoxy) is 1. The van der Waals surface area contributed by atoms with Gasteiger partial charge in [-0.05, 0) is 30.7 Å². The molecule has 208 valence electrons. The summed E-state index contributed by atoms with van der Waals surface area (Å²) in [6.07, 6.45) is -1.73. The van der Waals surface area contributed by atoms with E-state index in [2.05, 4.69) is 10.6 Å². The first-order chi connectivity index (χ1) is 17.9. The number of hydrogen-bond donors (Lipinski definition) is 4. The number of halogens is 3. The van der Waals surface area contributed by atoms with Crippen LogP contribution in [0.15, 0.2) is 42.0 Å². The SMILES string of the molecule is CC(C)C=C(C#N)C(=O)N1CCC[C@@H]1COC[C@H](NCC(F)(F)F)C(=O)N[C@@H](Cc1ccccc1)B(O)O. The molecule has 1 saturated heterocycles. The fraction of sp³-hybridized carbons (Fsp3) is 0.560. The van der Waals surface area contributed by atoms with Crippen LogP contribution in [-0.4, -0.2) is 84.4 Å². The van der Waals surface area contributed by atoms with E-state index in [1.807, 2.05) is 19.9 Å². The zero-order valence-corrected chi connectivity index (χ0v) is 21.4. The Bertz CT molecular complexity index is 985. The molecule has 1 fully saturated rings. The maximum atomic E-state index is 12.9. The van der Waals surface area contributed by atoms with Gasteiger partial charge in [-0.15, -0.1) is 0 Å². The van der Waals surface area contributed by atoms with Crippen molar-refractivity contribution in [3.63, 3.8) is 0 Å². The van der Waals surface area contributed by atoms with Gasteiger partial charge in [-0.1, -0.05) is 50.3 Å². The van der Waals surface area contributed by atoms with Gasteiger partial charge < -0.3 is 25.0 Å². The predicted octanol–water partition coefficient (Wildman–Crippen LogP) is 1.36. The van der Waals surface area contributed by atoms with E-state index in [1.54, 1.807) is 36.4 Å². The first-order valence-electron chi connectivity index (χ1n) is 12.4. The fourth-order valence-corrected chi connectivity index (χ4v) is 4.09. The molecule has 4 N–H and O–H groups in total. The maximum absolute atomic E-state index is 12.9. The van der Waals surface area contributed by atoms with Crippen molar-refractivity contribution in [3.8, 4) is 6.07 Å². The number of carbonyl (C=O) groups is 2. The van der Waals surface area contributed by atoms with Crippen molar-refractivity contribution in [2.45, 2.75) is 57.3 Å². The van der Waals surface area contributed by atoms with Gasteiger partial charge in [-0.2, -0.15) is 18.4 Å². The summed E-state index contributed by atoms with van der Waals surface area (Å²) in [5, 5.41) is 33.3. The van der Waals surface area contributed by atoms with E-state index in [-0.39, 0.29) is 24.5 Å². The summed E-state index contributed by atoms with van der Waals surface area (Å²) in [6, 6.07) is 8.72. The lowest BCUT2D eigenvalue weighted by molar-refractivity contribution is -0.135. The number of nitrogens with one attached hydrogen (secondary N) is 2. The molecule has 0 unspecified atom stereocenters. The van der Waals surface area contributed by atoms with Crippen LogP contribution in [0.5, 0.6) is 0 Å². The van der Waals surface area contributed by atoms with Gasteiger partial charge in [0.1, 0.15) is 17.7 Å². The molecule has 13 heteroatoms. The molecule has 38 heavy (non-hydrogen) atoms. The van der Waals surface area contributed by atoms with E-state index < -0.39 is 56.3 Å². The number of carbonyl (C=O) groups excluding carboxylic acids is 2. The highest BCUT2D eigenvalue weighted by molar-refractivity contribution is 6.43. The molecule has 2 amide bonds. The number of nitriles is 1. The highest BCUT2D eigenvalue weighted by atomic mass is 19.4. The third-order valence-corrected chi connectivity index (χ3v) is 5.93. The van der Waals surface area contributed by atoms with Gasteiger partial charge in [-0.3, -0.25) is 14.9 Å². The quantitative estimate of drug-likeness (QED) is 0.169. The molecule has 2 rings (SSSR count). The van der Waals surface area contributed by atoms with Crippen molar-refractivity contribution in [1.29, 1.82) is 5.26 Å². The summed E-state index contributed by atoms with van der Waals surface area (Å²) in [4.78, 5) is 27.2. The van der Waals surface area contributed by atoms with Gasteiger partial charge in [0.15, 0.2) is 0 Å². The Kier molecular flexibility index (Phi) is 12.3. The molecule has 3 atom stereocenters. The first kappa shape index (κ1) is 31.3. The van der Waals surface area contributed by atoms with Crippen LogP contribution in [0, 0.1) is 17.2 Å². The van der Waals surface area contributed by atoms with Crippen molar-refractivity contribution in [3.05, 3.63) is 47.5 Å². The normalized spacial score (nSPS) is 17.7. The van der Waals surface area contributed by atoms with Crippen LogP contribution in [0.4, 0.5) is 13.2 Å². The summed E-state index contributed by atoms with van der Waals surface area (Å²) in [6.45, 7) is 2.14. The van der Waals surface area contributed by atoms with Crippen molar-refractivity contribution >= 4 is 18.9 Å². The number of hydrogen-bond acceptors (Lipinski definition) is 7. The number of benzene rings is 1. The molecular weight excluding hydrogens is 504 g/mol. The number of likely N-dealkylation sites (tertiary alicyclic amines) is 1. The smallest absolute Gasteiger partial charge is 0.426 e. The van der Waals surface area contributed by atoms with Crippen LogP contribution < -0.4 is 10.6 Å². The van der Waals surface area contributed by atoms with Gasteiger partial charge in [0.05, 0.1) is 31.7 Å². The summed E-state index contributed by atoms with van der Waals surface area (Å²) in [5.74, 6) is -2.50. The van der Waals surface area contributed by atoms with Crippen LogP contribution in [0.1, 0.15) is 32.3 Å². The van der Waals surface area contributed by atoms with Crippen LogP contribution >= 0.6 is 0 Å². The molecule has 0 saturated carbocycles. The lowest BCUT2D eigenvalue weighted by Crippen LogP contribution is -2.56. The van der Waals surface area contributed by atoms with Crippen molar-refractivity contribution in [2.24, 2.45) is 5.92 Å². The van der Waals surface area contributed by atoms with Gasteiger partial charge >= 0.3 is 13.3 Å². The van der Waals surface area contributed by atoms with E-state index in [0.717, 1.165) is 0 Å². The molecule has 1 heterocycles. The van der Waals surface area contributed by atoms with Gasteiger partial charge in [-0.25, -0.2) is 0 Å². The Morgan fingerprint density at radius 3 is 2.55 bits per heavy atom. The molecule has 1 aliphatic heterocycles. The third-order valence-electron chi connectivity index (χ3n) is 5.93. The number of amides is 2. The molecule has 1 aromatic rings. The van der Waals surface area contributed by atoms with Gasteiger partial charge in [0, 0.05) is 6.54 Å². The van der Waals surface area contributed by atoms with Crippen molar-refractivity contribution < 1.29 is 37.5 Å². The molecule has 1 aliphatic rings. The van der Waals surface area contributed by atoms with E-state index in [0.29, 0.717) is 24.9 Å². The second-order valence-corrected chi connectivity index (χ2v) is 9.54. The summed E-state index contributed by atoms with van der Waals surface area (Å²) in [7, 11) is -1.95. The Labute approximate surface area is 220 Å². The zero-order valence-electron chi connectivity index (χ0n) is 21.4. The minimum Gasteiger partial charge on any atom is -0.426 e. The molecule has 0 bridgehead atoms. The Morgan fingerprint density at radius 1 is 1.29 bits per heavy atom. The Morgan fingerprint density at radius 2 is 1.97 bits per heavy atom. The number of nitrogens with zero attached hydrogens (tertiary/aromatic N) is 2. The highest BCUT2D eigenvalue weighted by Crippen LogP contribution is 2.21. The lowest BCUT2D eigenvalue weighted by atomic mass is 9.76. The third kappa shape index (κ3) is 10.5. The number of allylic oxidation sites excluding steroid dienone is 1. The largest absolute Gasteiger partial charge is 0.475 e. The fourth-order valence-electron chi connectivity index (χ4n) is 4.09. The van der Waals surface area contributed by atoms with Crippen LogP contribution in [0.3, 0.4) is 0 Å². The van der Waals surface area contributed by atoms with Crippen molar-refractivity contribution in [1.82, 2.24) is 15.5 Å². The summed E-state index contributed by atoms with van der Waals surface area (Å²) in [5.41, 5.74) is 0.708. The van der Waals surface area contributed by atoms with Crippen LogP contribution in [0.25, 0.3) is 0 Å². The van der Waals surface area contributed by atoms with Crippen LogP contribution in [-0.2, 0) is 20.7 Å². The molecule has 0 spiro atoms. The second-order valence-electron chi connectivity index (χ2n) is 9.54. The predicted molar refractivity (Wildman–Crippen MR) is 134 cm³/mol. The minimum atomic E-state index is -4.59. The molecule has 1 aromatic carbocycles. The number of alkyl halides is 3. The van der Waals surface area contributed by atoms with E-state index in [4.69, 9.17) is 4.74 Å². The topological polar surface area (TPSA) is 135 Å². The Hall–Kier alpha value is -2.92. The monoisotopic (exact) mass is 538 g/mol. The first-order valence-corrected chi connectivity index (χ1v) is 12.4. The van der Waals surface area contributed by atoms with Crippen LogP contribution in [0.2, 0.25) is 0 Å². The molecule has 9 nitrogen and oxygen atoms in total. The lowest BCUT2D eigenvalue weighted by Gasteiger charge is -2.26. The average molecular weight is 538 g/mol. The molecule has 0 aliphatic carbocycles. The van der Waals surface area contributed by atoms with E-state index in [1.165, 1.54) is 4.90 Å². The summed E-state index contributed by atoms with van der Waals surface area (Å²) >= 11 is 0. The number of rotatable bonds is 13.